The number of aromatic nitrogens is 1. The van der Waals surface area contributed by atoms with Crippen LogP contribution in [0.5, 0.6) is 0 Å². The Morgan fingerprint density at radius 3 is 2.54 bits per heavy atom. The van der Waals surface area contributed by atoms with Gasteiger partial charge in [-0.15, -0.1) is 0 Å². The van der Waals surface area contributed by atoms with Gasteiger partial charge in [-0.3, -0.25) is 4.79 Å². The molecule has 0 saturated carbocycles. The fourth-order valence-corrected chi connectivity index (χ4v) is 4.76. The monoisotopic (exact) mass is 380 g/mol. The van der Waals surface area contributed by atoms with Crippen molar-refractivity contribution in [1.29, 1.82) is 0 Å². The minimum Gasteiger partial charge on any atom is -0.334 e. The second-order valence-electron chi connectivity index (χ2n) is 7.30. The third kappa shape index (κ3) is 4.61. The van der Waals surface area contributed by atoms with E-state index < -0.39 is 10.0 Å². The summed E-state index contributed by atoms with van der Waals surface area (Å²) in [6, 6.07) is 5.23. The molecule has 2 aliphatic rings. The van der Waals surface area contributed by atoms with Gasteiger partial charge in [0.25, 0.3) is 5.91 Å². The predicted molar refractivity (Wildman–Crippen MR) is 101 cm³/mol. The number of hydrogen-bond donors (Lipinski definition) is 0. The Balaban J connectivity index is 1.57. The lowest BCUT2D eigenvalue weighted by atomic mass is 10.1. The lowest BCUT2D eigenvalue weighted by Gasteiger charge is -2.44. The second kappa shape index (κ2) is 8.02. The SMILES string of the molecule is Cc1cccc(C(=O)N2CC(N(CCN3CCCCC3)S(C)(=O)=O)C2)n1. The minimum absolute atomic E-state index is 0.130. The fourth-order valence-electron chi connectivity index (χ4n) is 3.67. The first kappa shape index (κ1) is 19.3. The van der Waals surface area contributed by atoms with Crippen molar-refractivity contribution in [3.63, 3.8) is 0 Å². The highest BCUT2D eigenvalue weighted by Crippen LogP contribution is 2.20. The average Bonchev–Trinajstić information content (AvgIpc) is 2.56. The molecule has 1 amide bonds. The number of piperidine rings is 1. The first-order chi connectivity index (χ1) is 12.3. The van der Waals surface area contributed by atoms with Gasteiger partial charge in [0.2, 0.25) is 10.0 Å². The Kier molecular flexibility index (Phi) is 5.94. The summed E-state index contributed by atoms with van der Waals surface area (Å²) in [5.41, 5.74) is 1.22. The zero-order valence-corrected chi connectivity index (χ0v) is 16.4. The van der Waals surface area contributed by atoms with E-state index >= 15 is 0 Å². The van der Waals surface area contributed by atoms with Crippen LogP contribution in [0.25, 0.3) is 0 Å². The molecule has 7 nitrogen and oxygen atoms in total. The van der Waals surface area contributed by atoms with Crippen LogP contribution in [0.1, 0.15) is 35.4 Å². The van der Waals surface area contributed by atoms with Gasteiger partial charge >= 0.3 is 0 Å². The first-order valence-corrected chi connectivity index (χ1v) is 11.1. The first-order valence-electron chi connectivity index (χ1n) is 9.27. The maximum atomic E-state index is 12.5. The molecule has 0 unspecified atom stereocenters. The van der Waals surface area contributed by atoms with Gasteiger partial charge < -0.3 is 9.80 Å². The van der Waals surface area contributed by atoms with E-state index in [0.717, 1.165) is 25.3 Å². The number of carbonyl (C=O) groups excluding carboxylic acids is 1. The maximum absolute atomic E-state index is 12.5. The smallest absolute Gasteiger partial charge is 0.272 e. The van der Waals surface area contributed by atoms with Crippen molar-refractivity contribution in [3.8, 4) is 0 Å². The van der Waals surface area contributed by atoms with Crippen LogP contribution in [0, 0.1) is 6.92 Å². The van der Waals surface area contributed by atoms with Crippen molar-refractivity contribution < 1.29 is 13.2 Å². The van der Waals surface area contributed by atoms with Gasteiger partial charge in [-0.25, -0.2) is 13.4 Å². The molecule has 1 aromatic heterocycles. The zero-order chi connectivity index (χ0) is 18.7. The lowest BCUT2D eigenvalue weighted by Crippen LogP contribution is -2.63. The van der Waals surface area contributed by atoms with Crippen molar-refractivity contribution in [2.45, 2.75) is 32.2 Å². The van der Waals surface area contributed by atoms with Crippen LogP contribution in [-0.4, -0.2) is 85.0 Å². The highest BCUT2D eigenvalue weighted by molar-refractivity contribution is 7.88. The second-order valence-corrected chi connectivity index (χ2v) is 9.24. The van der Waals surface area contributed by atoms with Crippen LogP contribution in [0.15, 0.2) is 18.2 Å². The summed E-state index contributed by atoms with van der Waals surface area (Å²) in [6.45, 7) is 6.06. The molecule has 1 aromatic rings. The van der Waals surface area contributed by atoms with Crippen molar-refractivity contribution >= 4 is 15.9 Å². The van der Waals surface area contributed by atoms with E-state index in [0.29, 0.717) is 25.3 Å². The van der Waals surface area contributed by atoms with Crippen LogP contribution in [-0.2, 0) is 10.0 Å². The molecule has 0 aliphatic carbocycles. The Hall–Kier alpha value is -1.51. The van der Waals surface area contributed by atoms with Gasteiger partial charge in [0.1, 0.15) is 5.69 Å². The molecule has 144 valence electrons. The Bertz CT molecular complexity index is 741. The zero-order valence-electron chi connectivity index (χ0n) is 15.6. The lowest BCUT2D eigenvalue weighted by molar-refractivity contribution is 0.0431. The number of pyridine rings is 1. The van der Waals surface area contributed by atoms with E-state index in [-0.39, 0.29) is 11.9 Å². The molecule has 3 heterocycles. The molecule has 26 heavy (non-hydrogen) atoms. The van der Waals surface area contributed by atoms with E-state index in [2.05, 4.69) is 9.88 Å². The molecule has 0 atom stereocenters. The molecular formula is C18H28N4O3S. The summed E-state index contributed by atoms with van der Waals surface area (Å²) in [4.78, 5) is 20.8. The maximum Gasteiger partial charge on any atom is 0.272 e. The van der Waals surface area contributed by atoms with Crippen LogP contribution in [0.4, 0.5) is 0 Å². The van der Waals surface area contributed by atoms with Crippen molar-refractivity contribution in [3.05, 3.63) is 29.6 Å². The van der Waals surface area contributed by atoms with Gasteiger partial charge in [0.15, 0.2) is 0 Å². The number of hydrogen-bond acceptors (Lipinski definition) is 5. The van der Waals surface area contributed by atoms with Gasteiger partial charge in [-0.2, -0.15) is 4.31 Å². The molecule has 3 rings (SSSR count). The molecule has 0 spiro atoms. The van der Waals surface area contributed by atoms with Crippen molar-refractivity contribution in [2.24, 2.45) is 0 Å². The highest BCUT2D eigenvalue weighted by Gasteiger charge is 2.39. The molecule has 2 saturated heterocycles. The molecule has 8 heteroatoms. The molecule has 0 bridgehead atoms. The number of carbonyl (C=O) groups is 1. The Labute approximate surface area is 156 Å². The van der Waals surface area contributed by atoms with Gasteiger partial charge in [0.05, 0.1) is 12.3 Å². The molecule has 0 N–H and O–H groups in total. The number of nitrogens with zero attached hydrogens (tertiary/aromatic N) is 4. The van der Waals surface area contributed by atoms with Gasteiger partial charge in [0, 0.05) is 31.9 Å². The Morgan fingerprint density at radius 1 is 1.23 bits per heavy atom. The van der Waals surface area contributed by atoms with E-state index in [4.69, 9.17) is 0 Å². The summed E-state index contributed by atoms with van der Waals surface area (Å²) in [5, 5.41) is 0. The summed E-state index contributed by atoms with van der Waals surface area (Å²) in [5.74, 6) is -0.130. The third-order valence-corrected chi connectivity index (χ3v) is 6.51. The molecule has 0 aromatic carbocycles. The van der Waals surface area contributed by atoms with E-state index in [9.17, 15) is 13.2 Å². The quantitative estimate of drug-likeness (QED) is 0.735. The topological polar surface area (TPSA) is 73.8 Å². The summed E-state index contributed by atoms with van der Waals surface area (Å²) >= 11 is 0. The van der Waals surface area contributed by atoms with Crippen molar-refractivity contribution in [2.75, 3.05) is 45.5 Å². The van der Waals surface area contributed by atoms with Gasteiger partial charge in [-0.05, 0) is 45.0 Å². The normalized spacial score (nSPS) is 19.6. The number of likely N-dealkylation sites (tertiary alicyclic amines) is 2. The predicted octanol–water partition coefficient (Wildman–Crippen LogP) is 0.962. The van der Waals surface area contributed by atoms with E-state index in [1.54, 1.807) is 15.3 Å². The standard InChI is InChI=1S/C18H28N4O3S/c1-15-7-6-8-17(19-15)18(23)21-13-16(14-21)22(26(2,24)25)12-11-20-9-4-3-5-10-20/h6-8,16H,3-5,9-14H2,1-2H3. The molecule has 2 aliphatic heterocycles. The highest BCUT2D eigenvalue weighted by atomic mass is 32.2. The average molecular weight is 381 g/mol. The van der Waals surface area contributed by atoms with Crippen LogP contribution in [0.2, 0.25) is 0 Å². The molecule has 0 radical (unpaired) electrons. The summed E-state index contributed by atoms with van der Waals surface area (Å²) in [6.07, 6.45) is 4.90. The Morgan fingerprint density at radius 2 is 1.92 bits per heavy atom. The summed E-state index contributed by atoms with van der Waals surface area (Å²) in [7, 11) is -3.29. The van der Waals surface area contributed by atoms with Crippen molar-refractivity contribution in [1.82, 2.24) is 19.1 Å². The van der Waals surface area contributed by atoms with Crippen LogP contribution < -0.4 is 0 Å². The molecular weight excluding hydrogens is 352 g/mol. The number of rotatable bonds is 6. The van der Waals surface area contributed by atoms with Crippen LogP contribution in [0.3, 0.4) is 0 Å². The van der Waals surface area contributed by atoms with Crippen LogP contribution >= 0.6 is 0 Å². The number of aryl methyl sites for hydroxylation is 1. The third-order valence-electron chi connectivity index (χ3n) is 5.18. The molecule has 2 fully saturated rings. The largest absolute Gasteiger partial charge is 0.334 e. The number of sulfonamides is 1. The number of amides is 1. The van der Waals surface area contributed by atoms with Gasteiger partial charge in [-0.1, -0.05) is 12.5 Å². The fraction of sp³-hybridized carbons (Fsp3) is 0.667. The summed E-state index contributed by atoms with van der Waals surface area (Å²) < 4.78 is 26.0. The minimum atomic E-state index is -3.29. The van der Waals surface area contributed by atoms with E-state index in [1.807, 2.05) is 19.1 Å². The van der Waals surface area contributed by atoms with E-state index in [1.165, 1.54) is 25.5 Å².